The normalized spacial score (nSPS) is 10.7. The lowest BCUT2D eigenvalue weighted by atomic mass is 10.7. The summed E-state index contributed by atoms with van der Waals surface area (Å²) >= 11 is 0. The molecule has 6 nitrogen and oxygen atoms in total. The first-order chi connectivity index (χ1) is 4.95. The molecule has 2 N–H and O–H groups in total. The van der Waals surface area contributed by atoms with Gasteiger partial charge in [-0.2, -0.15) is 8.42 Å². The van der Waals surface area contributed by atoms with E-state index in [1.54, 1.807) is 0 Å². The molecule has 11 heavy (non-hydrogen) atoms. The molecule has 0 aromatic rings. The van der Waals surface area contributed by atoms with Crippen LogP contribution in [-0.2, 0) is 14.9 Å². The number of alkyl carbamates (subject to hydrolysis) is 1. The van der Waals surface area contributed by atoms with Gasteiger partial charge in [-0.15, -0.1) is 0 Å². The summed E-state index contributed by atoms with van der Waals surface area (Å²) in [6.07, 6.45) is -0.728. The third kappa shape index (κ3) is 7.07. The van der Waals surface area contributed by atoms with Gasteiger partial charge in [0, 0.05) is 6.54 Å². The first kappa shape index (κ1) is 10.2. The van der Waals surface area contributed by atoms with Crippen molar-refractivity contribution in [3.63, 3.8) is 0 Å². The van der Waals surface area contributed by atoms with Gasteiger partial charge in [0.15, 0.2) is 0 Å². The van der Waals surface area contributed by atoms with Crippen LogP contribution in [0.25, 0.3) is 0 Å². The number of amides is 1. The Morgan fingerprint density at radius 1 is 1.64 bits per heavy atom. The Morgan fingerprint density at radius 2 is 2.18 bits per heavy atom. The number of carbonyl (C=O) groups is 1. The van der Waals surface area contributed by atoms with Crippen molar-refractivity contribution in [3.05, 3.63) is 0 Å². The molecule has 0 heterocycles. The molecule has 0 bridgehead atoms. The van der Waals surface area contributed by atoms with Gasteiger partial charge >= 0.3 is 6.09 Å². The lowest BCUT2D eigenvalue weighted by Gasteiger charge is -2.00. The Bertz CT molecular complexity index is 221. The Kier molecular flexibility index (Phi) is 3.83. The lowest BCUT2D eigenvalue weighted by Crippen LogP contribution is -2.28. The molecule has 0 atom stereocenters. The zero-order valence-electron chi connectivity index (χ0n) is 5.90. The monoisotopic (exact) mass is 183 g/mol. The molecule has 0 aromatic carbocycles. The minimum absolute atomic E-state index is 0.161. The molecule has 1 amide bonds. The van der Waals surface area contributed by atoms with E-state index in [2.05, 4.69) is 10.1 Å². The van der Waals surface area contributed by atoms with Gasteiger partial charge in [-0.1, -0.05) is 0 Å². The van der Waals surface area contributed by atoms with Crippen LogP contribution in [0.1, 0.15) is 0 Å². The van der Waals surface area contributed by atoms with Gasteiger partial charge in [-0.3, -0.25) is 4.55 Å². The SMILES string of the molecule is COC(=O)NCCS(=O)(=O)O. The van der Waals surface area contributed by atoms with Crippen LogP contribution in [0.15, 0.2) is 0 Å². The Hall–Kier alpha value is -0.820. The molecule has 0 saturated heterocycles. The van der Waals surface area contributed by atoms with E-state index in [1.165, 1.54) is 0 Å². The molecule has 66 valence electrons. The zero-order valence-corrected chi connectivity index (χ0v) is 6.72. The van der Waals surface area contributed by atoms with Crippen LogP contribution in [0.5, 0.6) is 0 Å². The summed E-state index contributed by atoms with van der Waals surface area (Å²) in [6.45, 7) is -0.161. The van der Waals surface area contributed by atoms with Crippen molar-refractivity contribution >= 4 is 16.2 Å². The van der Waals surface area contributed by atoms with E-state index >= 15 is 0 Å². The maximum atomic E-state index is 10.3. The summed E-state index contributed by atoms with van der Waals surface area (Å²) in [6, 6.07) is 0. The number of carbonyl (C=O) groups excluding carboxylic acids is 1. The van der Waals surface area contributed by atoms with Crippen LogP contribution in [0.3, 0.4) is 0 Å². The predicted molar refractivity (Wildman–Crippen MR) is 36.8 cm³/mol. The fourth-order valence-corrected chi connectivity index (χ4v) is 0.714. The molecule has 0 unspecified atom stereocenters. The Balaban J connectivity index is 3.51. The third-order valence-corrected chi connectivity index (χ3v) is 1.53. The van der Waals surface area contributed by atoms with E-state index in [0.717, 1.165) is 7.11 Å². The molecule has 0 aliphatic carbocycles. The highest BCUT2D eigenvalue weighted by Gasteiger charge is 2.04. The first-order valence-corrected chi connectivity index (χ1v) is 4.33. The lowest BCUT2D eigenvalue weighted by molar-refractivity contribution is 0.171. The summed E-state index contributed by atoms with van der Waals surface area (Å²) in [4.78, 5) is 10.3. The van der Waals surface area contributed by atoms with Crippen molar-refractivity contribution in [2.45, 2.75) is 0 Å². The van der Waals surface area contributed by atoms with Crippen LogP contribution < -0.4 is 5.32 Å². The Labute approximate surface area is 64.3 Å². The van der Waals surface area contributed by atoms with E-state index in [9.17, 15) is 13.2 Å². The van der Waals surface area contributed by atoms with Crippen LogP contribution in [0.4, 0.5) is 4.79 Å². The van der Waals surface area contributed by atoms with Gasteiger partial charge in [0.25, 0.3) is 10.1 Å². The van der Waals surface area contributed by atoms with E-state index in [4.69, 9.17) is 4.55 Å². The second-order valence-electron chi connectivity index (χ2n) is 1.70. The number of hydrogen-bond donors (Lipinski definition) is 2. The number of hydrogen-bond acceptors (Lipinski definition) is 4. The maximum Gasteiger partial charge on any atom is 0.406 e. The van der Waals surface area contributed by atoms with E-state index in [1.807, 2.05) is 0 Å². The van der Waals surface area contributed by atoms with Crippen molar-refractivity contribution in [3.8, 4) is 0 Å². The molecular weight excluding hydrogens is 174 g/mol. The van der Waals surface area contributed by atoms with Crippen LogP contribution in [-0.4, -0.2) is 38.5 Å². The van der Waals surface area contributed by atoms with Crippen LogP contribution >= 0.6 is 0 Å². The zero-order chi connectivity index (χ0) is 8.91. The predicted octanol–water partition coefficient (Wildman–Crippen LogP) is -0.770. The van der Waals surface area contributed by atoms with Gasteiger partial charge in [-0.05, 0) is 0 Å². The minimum atomic E-state index is -4.00. The van der Waals surface area contributed by atoms with Gasteiger partial charge in [0.05, 0.1) is 12.9 Å². The van der Waals surface area contributed by atoms with Crippen molar-refractivity contribution < 1.29 is 22.5 Å². The van der Waals surface area contributed by atoms with Gasteiger partial charge in [0.2, 0.25) is 0 Å². The minimum Gasteiger partial charge on any atom is -0.453 e. The molecule has 0 fully saturated rings. The quantitative estimate of drug-likeness (QED) is 0.560. The maximum absolute atomic E-state index is 10.3. The highest BCUT2D eigenvalue weighted by molar-refractivity contribution is 7.85. The summed E-state index contributed by atoms with van der Waals surface area (Å²) in [5, 5.41) is 2.09. The molecule has 0 radical (unpaired) electrons. The largest absolute Gasteiger partial charge is 0.453 e. The number of methoxy groups -OCH3 is 1. The standard InChI is InChI=1S/C4H9NO5S/c1-10-4(6)5-2-3-11(7,8)9/h2-3H2,1H3,(H,5,6)(H,7,8,9). The van der Waals surface area contributed by atoms with Gasteiger partial charge in [0.1, 0.15) is 0 Å². The van der Waals surface area contributed by atoms with Crippen LogP contribution in [0.2, 0.25) is 0 Å². The molecule has 0 saturated carbocycles. The summed E-state index contributed by atoms with van der Waals surface area (Å²) in [5.74, 6) is -0.512. The highest BCUT2D eigenvalue weighted by Crippen LogP contribution is 1.79. The Morgan fingerprint density at radius 3 is 2.55 bits per heavy atom. The second kappa shape index (κ2) is 4.14. The number of nitrogens with one attached hydrogen (secondary N) is 1. The topological polar surface area (TPSA) is 92.7 Å². The summed E-state index contributed by atoms with van der Waals surface area (Å²) in [7, 11) is -2.84. The second-order valence-corrected chi connectivity index (χ2v) is 3.28. The van der Waals surface area contributed by atoms with E-state index in [0.29, 0.717) is 0 Å². The fraction of sp³-hybridized carbons (Fsp3) is 0.750. The van der Waals surface area contributed by atoms with Crippen molar-refractivity contribution in [1.82, 2.24) is 5.32 Å². The molecule has 0 spiro atoms. The average molecular weight is 183 g/mol. The first-order valence-electron chi connectivity index (χ1n) is 2.72. The van der Waals surface area contributed by atoms with Gasteiger partial charge < -0.3 is 10.1 Å². The van der Waals surface area contributed by atoms with Crippen molar-refractivity contribution in [2.75, 3.05) is 19.4 Å². The van der Waals surface area contributed by atoms with Gasteiger partial charge in [-0.25, -0.2) is 4.79 Å². The smallest absolute Gasteiger partial charge is 0.406 e. The molecule has 0 rings (SSSR count). The molecule has 0 aromatic heterocycles. The summed E-state index contributed by atoms with van der Waals surface area (Å²) < 4.78 is 32.5. The number of rotatable bonds is 3. The third-order valence-electron chi connectivity index (χ3n) is 0.815. The molecular formula is C4H9NO5S. The van der Waals surface area contributed by atoms with Crippen LogP contribution in [0, 0.1) is 0 Å². The van der Waals surface area contributed by atoms with Crippen molar-refractivity contribution in [2.24, 2.45) is 0 Å². The number of ether oxygens (including phenoxy) is 1. The average Bonchev–Trinajstić information content (AvgIpc) is 1.85. The summed E-state index contributed by atoms with van der Waals surface area (Å²) in [5.41, 5.74) is 0. The van der Waals surface area contributed by atoms with Crippen molar-refractivity contribution in [1.29, 1.82) is 0 Å². The molecule has 7 heteroatoms. The molecule has 0 aliphatic heterocycles. The van der Waals surface area contributed by atoms with E-state index < -0.39 is 22.0 Å². The van der Waals surface area contributed by atoms with E-state index in [-0.39, 0.29) is 6.54 Å². The molecule has 0 aliphatic rings. The fourth-order valence-electron chi connectivity index (χ4n) is 0.354. The highest BCUT2D eigenvalue weighted by atomic mass is 32.2.